The highest BCUT2D eigenvalue weighted by Crippen LogP contribution is 2.14. The van der Waals surface area contributed by atoms with Crippen molar-refractivity contribution < 1.29 is 14.2 Å². The standard InChI is InChI=1S/C18H20BrFN2/c19-18-7-2-1-5-16(18)14-22-10-8-21(9-11-22)13-15-4-3-6-17(20)12-15/h1-7,12H,8-11,13-14H2/p+2. The van der Waals surface area contributed by atoms with Gasteiger partial charge in [-0.25, -0.2) is 4.39 Å². The van der Waals surface area contributed by atoms with Gasteiger partial charge in [-0.15, -0.1) is 0 Å². The minimum Gasteiger partial charge on any atom is -0.322 e. The number of benzene rings is 2. The van der Waals surface area contributed by atoms with Gasteiger partial charge in [0.25, 0.3) is 0 Å². The highest BCUT2D eigenvalue weighted by atomic mass is 79.9. The van der Waals surface area contributed by atoms with Gasteiger partial charge >= 0.3 is 0 Å². The lowest BCUT2D eigenvalue weighted by Crippen LogP contribution is -3.27. The molecule has 0 unspecified atom stereocenters. The van der Waals surface area contributed by atoms with Crippen molar-refractivity contribution in [2.45, 2.75) is 13.1 Å². The van der Waals surface area contributed by atoms with Crippen molar-refractivity contribution in [3.05, 3.63) is 69.9 Å². The quantitative estimate of drug-likeness (QED) is 0.802. The highest BCUT2D eigenvalue weighted by Gasteiger charge is 2.23. The lowest BCUT2D eigenvalue weighted by atomic mass is 10.1. The Kier molecular flexibility index (Phi) is 5.24. The summed E-state index contributed by atoms with van der Waals surface area (Å²) in [6.07, 6.45) is 0. The van der Waals surface area contributed by atoms with E-state index in [1.807, 2.05) is 6.07 Å². The minimum absolute atomic E-state index is 0.130. The Balaban J connectivity index is 1.51. The molecule has 2 aromatic rings. The van der Waals surface area contributed by atoms with Crippen LogP contribution in [0.15, 0.2) is 53.0 Å². The summed E-state index contributed by atoms with van der Waals surface area (Å²) in [5, 5.41) is 0. The van der Waals surface area contributed by atoms with Gasteiger partial charge in [0.15, 0.2) is 0 Å². The maximum absolute atomic E-state index is 13.2. The van der Waals surface area contributed by atoms with E-state index in [9.17, 15) is 4.39 Å². The van der Waals surface area contributed by atoms with Crippen LogP contribution in [0.5, 0.6) is 0 Å². The van der Waals surface area contributed by atoms with Crippen molar-refractivity contribution in [2.24, 2.45) is 0 Å². The van der Waals surface area contributed by atoms with Crippen molar-refractivity contribution in [3.8, 4) is 0 Å². The molecular formula is C18H22BrFN2+2. The molecule has 0 spiro atoms. The van der Waals surface area contributed by atoms with Gasteiger partial charge in [-0.2, -0.15) is 0 Å². The van der Waals surface area contributed by atoms with Crippen LogP contribution in [0.4, 0.5) is 4.39 Å². The molecule has 1 aliphatic rings. The summed E-state index contributed by atoms with van der Waals surface area (Å²) in [4.78, 5) is 3.19. The number of rotatable bonds is 4. The van der Waals surface area contributed by atoms with E-state index in [0.29, 0.717) is 0 Å². The van der Waals surface area contributed by atoms with Crippen LogP contribution in [0.25, 0.3) is 0 Å². The first-order valence-corrected chi connectivity index (χ1v) is 8.65. The molecule has 1 saturated heterocycles. The highest BCUT2D eigenvalue weighted by molar-refractivity contribution is 9.10. The van der Waals surface area contributed by atoms with E-state index < -0.39 is 0 Å². The van der Waals surface area contributed by atoms with Gasteiger partial charge in [-0.1, -0.05) is 46.3 Å². The zero-order chi connectivity index (χ0) is 15.4. The summed E-state index contributed by atoms with van der Waals surface area (Å²) in [5.74, 6) is -0.130. The Labute approximate surface area is 139 Å². The smallest absolute Gasteiger partial charge is 0.127 e. The fourth-order valence-corrected chi connectivity index (χ4v) is 3.58. The van der Waals surface area contributed by atoms with Crippen LogP contribution in [0.1, 0.15) is 11.1 Å². The van der Waals surface area contributed by atoms with Crippen molar-refractivity contribution in [3.63, 3.8) is 0 Å². The topological polar surface area (TPSA) is 8.88 Å². The zero-order valence-electron chi connectivity index (χ0n) is 12.6. The molecular weight excluding hydrogens is 343 g/mol. The predicted octanol–water partition coefficient (Wildman–Crippen LogP) is 1.07. The molecule has 116 valence electrons. The molecule has 0 atom stereocenters. The molecule has 0 saturated carbocycles. The van der Waals surface area contributed by atoms with Crippen LogP contribution < -0.4 is 9.80 Å². The second-order valence-electron chi connectivity index (χ2n) is 6.07. The fraction of sp³-hybridized carbons (Fsp3) is 0.333. The van der Waals surface area contributed by atoms with Crippen LogP contribution >= 0.6 is 15.9 Å². The average molecular weight is 365 g/mol. The van der Waals surface area contributed by atoms with Gasteiger partial charge in [-0.05, 0) is 18.2 Å². The first-order valence-electron chi connectivity index (χ1n) is 7.86. The molecule has 1 heterocycles. The normalized spacial score (nSPS) is 21.7. The summed E-state index contributed by atoms with van der Waals surface area (Å²) in [6.45, 7) is 6.65. The second kappa shape index (κ2) is 7.36. The number of nitrogens with one attached hydrogen (secondary N) is 2. The third kappa shape index (κ3) is 4.15. The van der Waals surface area contributed by atoms with E-state index in [1.165, 1.54) is 29.2 Å². The molecule has 1 aliphatic heterocycles. The maximum Gasteiger partial charge on any atom is 0.127 e. The predicted molar refractivity (Wildman–Crippen MR) is 89.3 cm³/mol. The number of hydrogen-bond donors (Lipinski definition) is 2. The molecule has 4 heteroatoms. The third-order valence-electron chi connectivity index (χ3n) is 4.41. The monoisotopic (exact) mass is 364 g/mol. The summed E-state index contributed by atoms with van der Waals surface area (Å²) >= 11 is 3.63. The van der Waals surface area contributed by atoms with Gasteiger partial charge < -0.3 is 9.80 Å². The SMILES string of the molecule is Fc1cccc(C[NH+]2CC[NH+](Cc3ccccc3Br)CC2)c1. The Morgan fingerprint density at radius 3 is 2.23 bits per heavy atom. The van der Waals surface area contributed by atoms with Gasteiger partial charge in [-0.3, -0.25) is 0 Å². The summed E-state index contributed by atoms with van der Waals surface area (Å²) < 4.78 is 14.5. The molecule has 0 aliphatic carbocycles. The number of halogens is 2. The van der Waals surface area contributed by atoms with E-state index in [-0.39, 0.29) is 5.82 Å². The first kappa shape index (κ1) is 15.7. The molecule has 2 nitrogen and oxygen atoms in total. The Hall–Kier alpha value is -1.23. The fourth-order valence-electron chi connectivity index (χ4n) is 3.16. The lowest BCUT2D eigenvalue weighted by molar-refractivity contribution is -1.02. The average Bonchev–Trinajstić information content (AvgIpc) is 2.52. The van der Waals surface area contributed by atoms with E-state index in [2.05, 4.69) is 40.2 Å². The maximum atomic E-state index is 13.2. The summed E-state index contributed by atoms with van der Waals surface area (Å²) in [6, 6.07) is 15.5. The minimum atomic E-state index is -0.130. The van der Waals surface area contributed by atoms with Crippen molar-refractivity contribution in [2.75, 3.05) is 26.2 Å². The summed E-state index contributed by atoms with van der Waals surface area (Å²) in [5.41, 5.74) is 2.48. The Morgan fingerprint density at radius 2 is 1.55 bits per heavy atom. The van der Waals surface area contributed by atoms with Crippen LogP contribution in [-0.2, 0) is 13.1 Å². The van der Waals surface area contributed by atoms with Crippen LogP contribution in [0, 0.1) is 5.82 Å². The Morgan fingerprint density at radius 1 is 0.864 bits per heavy atom. The van der Waals surface area contributed by atoms with Crippen LogP contribution in [0.2, 0.25) is 0 Å². The summed E-state index contributed by atoms with van der Waals surface area (Å²) in [7, 11) is 0. The molecule has 0 bridgehead atoms. The molecule has 3 rings (SSSR count). The number of quaternary nitrogens is 2. The van der Waals surface area contributed by atoms with Gasteiger partial charge in [0, 0.05) is 15.6 Å². The van der Waals surface area contributed by atoms with Crippen molar-refractivity contribution in [1.82, 2.24) is 0 Å². The van der Waals surface area contributed by atoms with Crippen LogP contribution in [0.3, 0.4) is 0 Å². The molecule has 1 fully saturated rings. The number of piperazine rings is 1. The van der Waals surface area contributed by atoms with E-state index in [1.54, 1.807) is 21.9 Å². The zero-order valence-corrected chi connectivity index (χ0v) is 14.2. The van der Waals surface area contributed by atoms with E-state index in [0.717, 1.165) is 31.7 Å². The second-order valence-corrected chi connectivity index (χ2v) is 6.93. The molecule has 0 aromatic heterocycles. The van der Waals surface area contributed by atoms with Gasteiger partial charge in [0.1, 0.15) is 45.1 Å². The molecule has 0 radical (unpaired) electrons. The van der Waals surface area contributed by atoms with E-state index in [4.69, 9.17) is 0 Å². The van der Waals surface area contributed by atoms with Crippen molar-refractivity contribution >= 4 is 15.9 Å². The molecule has 2 N–H and O–H groups in total. The molecule has 22 heavy (non-hydrogen) atoms. The number of hydrogen-bond acceptors (Lipinski definition) is 0. The van der Waals surface area contributed by atoms with Crippen molar-refractivity contribution in [1.29, 1.82) is 0 Å². The lowest BCUT2D eigenvalue weighted by Gasteiger charge is -2.30. The van der Waals surface area contributed by atoms with Crippen LogP contribution in [-0.4, -0.2) is 26.2 Å². The largest absolute Gasteiger partial charge is 0.322 e. The molecule has 0 amide bonds. The van der Waals surface area contributed by atoms with Gasteiger partial charge in [0.05, 0.1) is 0 Å². The van der Waals surface area contributed by atoms with Gasteiger partial charge in [0.2, 0.25) is 0 Å². The third-order valence-corrected chi connectivity index (χ3v) is 5.18. The Bertz CT molecular complexity index is 624. The molecule has 2 aromatic carbocycles. The van der Waals surface area contributed by atoms with E-state index >= 15 is 0 Å². The first-order chi connectivity index (χ1) is 10.7.